The van der Waals surface area contributed by atoms with Crippen LogP contribution in [0, 0.1) is 0 Å². The van der Waals surface area contributed by atoms with E-state index < -0.39 is 15.9 Å². The first-order chi connectivity index (χ1) is 13.9. The number of carbonyl (C=O) groups is 1. The van der Waals surface area contributed by atoms with E-state index in [4.69, 9.17) is 4.74 Å². The Morgan fingerprint density at radius 1 is 1.10 bits per heavy atom. The second-order valence-corrected chi connectivity index (χ2v) is 9.96. The summed E-state index contributed by atoms with van der Waals surface area (Å²) in [5.74, 6) is 0.379. The molecule has 6 nitrogen and oxygen atoms in total. The molecule has 3 rings (SSSR count). The highest BCUT2D eigenvalue weighted by Gasteiger charge is 2.23. The van der Waals surface area contributed by atoms with Crippen molar-refractivity contribution in [3.63, 3.8) is 0 Å². The highest BCUT2D eigenvalue weighted by atomic mass is 32.2. The number of ether oxygens (including phenoxy) is 1. The van der Waals surface area contributed by atoms with Gasteiger partial charge in [-0.1, -0.05) is 0 Å². The van der Waals surface area contributed by atoms with Crippen molar-refractivity contribution in [3.05, 3.63) is 48.5 Å². The number of hydrogen-bond donors (Lipinski definition) is 1. The second kappa shape index (κ2) is 9.65. The maximum absolute atomic E-state index is 12.7. The lowest BCUT2D eigenvalue weighted by molar-refractivity contribution is -0.116. The molecular formula is C21H26N2O4S2. The third-order valence-corrected chi connectivity index (χ3v) is 7.44. The van der Waals surface area contributed by atoms with Crippen LogP contribution in [0.3, 0.4) is 0 Å². The SMILES string of the molecule is CSc1ccc(S(=O)(=O)N(C)CC(=O)Nc2ccc(OC3CCCC3)cc2)cc1. The molecule has 0 unspecified atom stereocenters. The summed E-state index contributed by atoms with van der Waals surface area (Å²) in [4.78, 5) is 13.5. The van der Waals surface area contributed by atoms with Crippen LogP contribution in [0.15, 0.2) is 58.3 Å². The molecule has 0 aromatic heterocycles. The summed E-state index contributed by atoms with van der Waals surface area (Å²) < 4.78 is 32.3. The van der Waals surface area contributed by atoms with Crippen LogP contribution in [0.1, 0.15) is 25.7 Å². The molecule has 0 aliphatic heterocycles. The largest absolute Gasteiger partial charge is 0.490 e. The molecule has 1 amide bonds. The lowest BCUT2D eigenvalue weighted by Gasteiger charge is -2.17. The van der Waals surface area contributed by atoms with Gasteiger partial charge in [0.05, 0.1) is 17.5 Å². The first kappa shape index (κ1) is 21.7. The monoisotopic (exact) mass is 434 g/mol. The third kappa shape index (κ3) is 5.74. The Kier molecular flexibility index (Phi) is 7.21. The molecule has 0 spiro atoms. The topological polar surface area (TPSA) is 75.7 Å². The number of hydrogen-bond acceptors (Lipinski definition) is 5. The van der Waals surface area contributed by atoms with Crippen LogP contribution in [0.4, 0.5) is 5.69 Å². The fraction of sp³-hybridized carbons (Fsp3) is 0.381. The van der Waals surface area contributed by atoms with Crippen molar-refractivity contribution in [2.45, 2.75) is 41.6 Å². The van der Waals surface area contributed by atoms with Crippen LogP contribution < -0.4 is 10.1 Å². The molecule has 1 saturated carbocycles. The van der Waals surface area contributed by atoms with E-state index in [0.29, 0.717) is 5.69 Å². The average Bonchev–Trinajstić information content (AvgIpc) is 3.22. The minimum atomic E-state index is -3.73. The second-order valence-electron chi connectivity index (χ2n) is 7.03. The van der Waals surface area contributed by atoms with E-state index in [9.17, 15) is 13.2 Å². The number of anilines is 1. The van der Waals surface area contributed by atoms with Crippen molar-refractivity contribution >= 4 is 33.4 Å². The molecule has 0 heterocycles. The normalized spacial score (nSPS) is 14.9. The van der Waals surface area contributed by atoms with E-state index in [1.54, 1.807) is 36.4 Å². The van der Waals surface area contributed by atoms with Crippen LogP contribution in [-0.2, 0) is 14.8 Å². The fourth-order valence-corrected chi connectivity index (χ4v) is 4.77. The third-order valence-electron chi connectivity index (χ3n) is 4.88. The molecule has 2 aromatic carbocycles. The average molecular weight is 435 g/mol. The summed E-state index contributed by atoms with van der Waals surface area (Å²) in [5.41, 5.74) is 0.601. The standard InChI is InChI=1S/C21H26N2O4S2/c1-23(29(25,26)20-13-11-19(28-2)12-14-20)15-21(24)22-16-7-9-18(10-8-16)27-17-5-3-4-6-17/h7-14,17H,3-6,15H2,1-2H3,(H,22,24). The van der Waals surface area contributed by atoms with E-state index in [1.807, 2.05) is 18.4 Å². The molecule has 1 aliphatic rings. The maximum atomic E-state index is 12.7. The van der Waals surface area contributed by atoms with Gasteiger partial charge in [-0.2, -0.15) is 4.31 Å². The lowest BCUT2D eigenvalue weighted by Crippen LogP contribution is -2.34. The minimum Gasteiger partial charge on any atom is -0.490 e. The number of nitrogens with one attached hydrogen (secondary N) is 1. The van der Waals surface area contributed by atoms with Gasteiger partial charge in [-0.05, 0) is 80.5 Å². The zero-order chi connectivity index (χ0) is 20.9. The molecule has 0 atom stereocenters. The van der Waals surface area contributed by atoms with Crippen LogP contribution in [-0.4, -0.2) is 44.6 Å². The minimum absolute atomic E-state index is 0.166. The molecule has 1 aliphatic carbocycles. The molecule has 156 valence electrons. The van der Waals surface area contributed by atoms with Gasteiger partial charge in [0.2, 0.25) is 15.9 Å². The Morgan fingerprint density at radius 3 is 2.31 bits per heavy atom. The summed E-state index contributed by atoms with van der Waals surface area (Å²) in [7, 11) is -2.33. The predicted octanol–water partition coefficient (Wildman–Crippen LogP) is 3.99. The highest BCUT2D eigenvalue weighted by Crippen LogP contribution is 2.25. The molecule has 0 bridgehead atoms. The number of amides is 1. The van der Waals surface area contributed by atoms with Gasteiger partial charge in [0.15, 0.2) is 0 Å². The Bertz CT molecular complexity index is 922. The first-order valence-corrected chi connectivity index (χ1v) is 12.2. The molecule has 0 radical (unpaired) electrons. The number of likely N-dealkylation sites (N-methyl/N-ethyl adjacent to an activating group) is 1. The molecule has 1 N–H and O–H groups in total. The van der Waals surface area contributed by atoms with Crippen molar-refractivity contribution in [2.24, 2.45) is 0 Å². The van der Waals surface area contributed by atoms with Gasteiger partial charge in [0.25, 0.3) is 0 Å². The van der Waals surface area contributed by atoms with Crippen molar-refractivity contribution < 1.29 is 17.9 Å². The van der Waals surface area contributed by atoms with Crippen molar-refractivity contribution in [2.75, 3.05) is 25.2 Å². The number of carbonyl (C=O) groups excluding carboxylic acids is 1. The van der Waals surface area contributed by atoms with Crippen molar-refractivity contribution in [1.82, 2.24) is 4.31 Å². The molecule has 1 fully saturated rings. The van der Waals surface area contributed by atoms with Gasteiger partial charge in [0.1, 0.15) is 5.75 Å². The number of sulfonamides is 1. The molecular weight excluding hydrogens is 408 g/mol. The van der Waals surface area contributed by atoms with E-state index >= 15 is 0 Å². The van der Waals surface area contributed by atoms with E-state index in [2.05, 4.69) is 5.32 Å². The van der Waals surface area contributed by atoms with Crippen LogP contribution in [0.2, 0.25) is 0 Å². The maximum Gasteiger partial charge on any atom is 0.243 e. The summed E-state index contributed by atoms with van der Waals surface area (Å²) in [5, 5.41) is 2.73. The Morgan fingerprint density at radius 2 is 1.72 bits per heavy atom. The van der Waals surface area contributed by atoms with E-state index in [1.165, 1.54) is 31.7 Å². The van der Waals surface area contributed by atoms with Gasteiger partial charge in [0, 0.05) is 17.6 Å². The number of nitrogens with zero attached hydrogens (tertiary/aromatic N) is 1. The molecule has 8 heteroatoms. The van der Waals surface area contributed by atoms with Gasteiger partial charge >= 0.3 is 0 Å². The number of rotatable bonds is 8. The van der Waals surface area contributed by atoms with Crippen molar-refractivity contribution in [1.29, 1.82) is 0 Å². The number of benzene rings is 2. The zero-order valence-corrected chi connectivity index (χ0v) is 18.3. The molecule has 29 heavy (non-hydrogen) atoms. The quantitative estimate of drug-likeness (QED) is 0.636. The van der Waals surface area contributed by atoms with E-state index in [0.717, 1.165) is 27.8 Å². The zero-order valence-electron chi connectivity index (χ0n) is 16.6. The summed E-state index contributed by atoms with van der Waals surface area (Å²) in [6, 6.07) is 13.8. The Labute approximate surface area is 176 Å². The van der Waals surface area contributed by atoms with E-state index in [-0.39, 0.29) is 17.5 Å². The van der Waals surface area contributed by atoms with Crippen molar-refractivity contribution in [3.8, 4) is 5.75 Å². The van der Waals surface area contributed by atoms with Crippen LogP contribution in [0.25, 0.3) is 0 Å². The Hall–Kier alpha value is -2.03. The van der Waals surface area contributed by atoms with Gasteiger partial charge in [-0.3, -0.25) is 4.79 Å². The fourth-order valence-electron chi connectivity index (χ4n) is 3.23. The Balaban J connectivity index is 1.56. The van der Waals surface area contributed by atoms with Crippen LogP contribution >= 0.6 is 11.8 Å². The van der Waals surface area contributed by atoms with Gasteiger partial charge < -0.3 is 10.1 Å². The summed E-state index contributed by atoms with van der Waals surface area (Å²) in [6.45, 7) is -0.271. The van der Waals surface area contributed by atoms with Gasteiger partial charge in [-0.15, -0.1) is 11.8 Å². The summed E-state index contributed by atoms with van der Waals surface area (Å²) in [6.07, 6.45) is 6.78. The summed E-state index contributed by atoms with van der Waals surface area (Å²) >= 11 is 1.54. The smallest absolute Gasteiger partial charge is 0.243 e. The lowest BCUT2D eigenvalue weighted by atomic mass is 10.2. The van der Waals surface area contributed by atoms with Crippen LogP contribution in [0.5, 0.6) is 5.75 Å². The predicted molar refractivity (Wildman–Crippen MR) is 116 cm³/mol. The van der Waals surface area contributed by atoms with Gasteiger partial charge in [-0.25, -0.2) is 8.42 Å². The molecule has 2 aromatic rings. The first-order valence-electron chi connectivity index (χ1n) is 9.55. The highest BCUT2D eigenvalue weighted by molar-refractivity contribution is 7.98. The molecule has 0 saturated heterocycles. The number of thioether (sulfide) groups is 1.